The number of rotatable bonds is 7. The van der Waals surface area contributed by atoms with Gasteiger partial charge in [-0.1, -0.05) is 30.3 Å². The zero-order chi connectivity index (χ0) is 23.4. The van der Waals surface area contributed by atoms with Gasteiger partial charge in [0.1, 0.15) is 11.6 Å². The number of nitrogens with one attached hydrogen (secondary N) is 1. The SMILES string of the molecule is Cc1oc(-c2ccccc2)nc1CC(=O)NCCN1C(=O)S/C(=C\c2ccc(F)cc2)C1=O. The van der Waals surface area contributed by atoms with E-state index < -0.39 is 11.1 Å². The summed E-state index contributed by atoms with van der Waals surface area (Å²) in [6.07, 6.45) is 1.56. The number of benzene rings is 2. The molecule has 0 unspecified atom stereocenters. The Balaban J connectivity index is 1.31. The lowest BCUT2D eigenvalue weighted by Gasteiger charge is -2.12. The minimum absolute atomic E-state index is 0.0224. The van der Waals surface area contributed by atoms with Crippen molar-refractivity contribution in [2.24, 2.45) is 0 Å². The second kappa shape index (κ2) is 9.83. The zero-order valence-electron chi connectivity index (χ0n) is 17.7. The first-order valence-electron chi connectivity index (χ1n) is 10.2. The topological polar surface area (TPSA) is 92.5 Å². The van der Waals surface area contributed by atoms with Crippen LogP contribution in [0.4, 0.5) is 9.18 Å². The van der Waals surface area contributed by atoms with Crippen LogP contribution in [-0.2, 0) is 16.0 Å². The minimum atomic E-state index is -0.441. The van der Waals surface area contributed by atoms with Crippen molar-refractivity contribution in [3.05, 3.63) is 82.3 Å². The predicted octanol–water partition coefficient (Wildman–Crippen LogP) is 4.18. The summed E-state index contributed by atoms with van der Waals surface area (Å²) in [5.74, 6) is -0.112. The Hall–Kier alpha value is -3.72. The maximum Gasteiger partial charge on any atom is 0.293 e. The van der Waals surface area contributed by atoms with Gasteiger partial charge in [0, 0.05) is 18.7 Å². The molecule has 0 saturated carbocycles. The fourth-order valence-corrected chi connectivity index (χ4v) is 4.09. The van der Waals surface area contributed by atoms with E-state index in [1.54, 1.807) is 13.0 Å². The summed E-state index contributed by atoms with van der Waals surface area (Å²) in [5.41, 5.74) is 1.97. The molecule has 1 fully saturated rings. The Morgan fingerprint density at radius 3 is 2.61 bits per heavy atom. The van der Waals surface area contributed by atoms with Crippen LogP contribution in [0.15, 0.2) is 63.9 Å². The van der Waals surface area contributed by atoms with E-state index in [-0.39, 0.29) is 36.1 Å². The van der Waals surface area contributed by atoms with Gasteiger partial charge in [-0.05, 0) is 54.6 Å². The van der Waals surface area contributed by atoms with Gasteiger partial charge < -0.3 is 9.73 Å². The van der Waals surface area contributed by atoms with Crippen molar-refractivity contribution >= 4 is 34.9 Å². The molecule has 1 aliphatic rings. The molecule has 0 spiro atoms. The number of carbonyl (C=O) groups is 3. The molecule has 168 valence electrons. The van der Waals surface area contributed by atoms with Gasteiger partial charge in [0.25, 0.3) is 11.1 Å². The fourth-order valence-electron chi connectivity index (χ4n) is 3.22. The van der Waals surface area contributed by atoms with E-state index in [0.717, 1.165) is 22.2 Å². The van der Waals surface area contributed by atoms with Crippen molar-refractivity contribution < 1.29 is 23.2 Å². The summed E-state index contributed by atoms with van der Waals surface area (Å²) >= 11 is 0.815. The maximum atomic E-state index is 13.0. The molecule has 7 nitrogen and oxygen atoms in total. The molecule has 3 aromatic rings. The van der Waals surface area contributed by atoms with Gasteiger partial charge in [-0.3, -0.25) is 19.3 Å². The number of nitrogens with zero attached hydrogens (tertiary/aromatic N) is 2. The smallest absolute Gasteiger partial charge is 0.293 e. The average molecular weight is 466 g/mol. The zero-order valence-corrected chi connectivity index (χ0v) is 18.5. The monoisotopic (exact) mass is 465 g/mol. The first-order chi connectivity index (χ1) is 15.9. The highest BCUT2D eigenvalue weighted by molar-refractivity contribution is 8.18. The molecule has 3 amide bonds. The van der Waals surface area contributed by atoms with Gasteiger partial charge in [0.2, 0.25) is 11.8 Å². The highest BCUT2D eigenvalue weighted by Gasteiger charge is 2.34. The predicted molar refractivity (Wildman–Crippen MR) is 122 cm³/mol. The van der Waals surface area contributed by atoms with Crippen molar-refractivity contribution in [2.75, 3.05) is 13.1 Å². The van der Waals surface area contributed by atoms with Gasteiger partial charge >= 0.3 is 0 Å². The Labute approximate surface area is 193 Å². The van der Waals surface area contributed by atoms with Crippen molar-refractivity contribution in [2.45, 2.75) is 13.3 Å². The van der Waals surface area contributed by atoms with Crippen LogP contribution in [0.2, 0.25) is 0 Å². The molecular weight excluding hydrogens is 445 g/mol. The Bertz CT molecular complexity index is 1220. The fraction of sp³-hybridized carbons (Fsp3) is 0.167. The molecule has 1 N–H and O–H groups in total. The molecular formula is C24H20FN3O4S. The normalized spacial score (nSPS) is 14.8. The minimum Gasteiger partial charge on any atom is -0.441 e. The van der Waals surface area contributed by atoms with Crippen LogP contribution in [0.1, 0.15) is 17.0 Å². The van der Waals surface area contributed by atoms with E-state index >= 15 is 0 Å². The molecule has 33 heavy (non-hydrogen) atoms. The summed E-state index contributed by atoms with van der Waals surface area (Å²) in [5, 5.41) is 2.29. The van der Waals surface area contributed by atoms with Crippen molar-refractivity contribution in [3.63, 3.8) is 0 Å². The third kappa shape index (κ3) is 5.38. The van der Waals surface area contributed by atoms with Crippen LogP contribution in [0.5, 0.6) is 0 Å². The number of aromatic nitrogens is 1. The lowest BCUT2D eigenvalue weighted by molar-refractivity contribution is -0.124. The van der Waals surface area contributed by atoms with E-state index in [1.807, 2.05) is 30.3 Å². The Morgan fingerprint density at radius 1 is 1.15 bits per heavy atom. The van der Waals surface area contributed by atoms with Crippen LogP contribution >= 0.6 is 11.8 Å². The lowest BCUT2D eigenvalue weighted by Crippen LogP contribution is -2.37. The number of aryl methyl sites for hydroxylation is 1. The second-order valence-corrected chi connectivity index (χ2v) is 8.29. The molecule has 0 aliphatic carbocycles. The first-order valence-corrected chi connectivity index (χ1v) is 11.0. The summed E-state index contributed by atoms with van der Waals surface area (Å²) in [6.45, 7) is 1.91. The first kappa shape index (κ1) is 22.5. The summed E-state index contributed by atoms with van der Waals surface area (Å²) in [4.78, 5) is 42.9. The van der Waals surface area contributed by atoms with Crippen LogP contribution < -0.4 is 5.32 Å². The third-order valence-corrected chi connectivity index (χ3v) is 5.85. The lowest BCUT2D eigenvalue weighted by atomic mass is 10.2. The Morgan fingerprint density at radius 2 is 1.88 bits per heavy atom. The number of halogens is 1. The van der Waals surface area contributed by atoms with E-state index in [2.05, 4.69) is 10.3 Å². The van der Waals surface area contributed by atoms with E-state index in [0.29, 0.717) is 22.9 Å². The van der Waals surface area contributed by atoms with Crippen LogP contribution in [0.25, 0.3) is 17.5 Å². The van der Waals surface area contributed by atoms with Crippen molar-refractivity contribution in [1.29, 1.82) is 0 Å². The highest BCUT2D eigenvalue weighted by atomic mass is 32.2. The van der Waals surface area contributed by atoms with E-state index in [4.69, 9.17) is 4.42 Å². The van der Waals surface area contributed by atoms with Gasteiger partial charge in [-0.2, -0.15) is 0 Å². The number of hydrogen-bond acceptors (Lipinski definition) is 6. The molecule has 0 bridgehead atoms. The molecule has 9 heteroatoms. The number of carbonyl (C=O) groups excluding carboxylic acids is 3. The quantitative estimate of drug-likeness (QED) is 0.526. The highest BCUT2D eigenvalue weighted by Crippen LogP contribution is 2.31. The molecule has 0 atom stereocenters. The molecule has 0 radical (unpaired) electrons. The molecule has 1 aliphatic heterocycles. The maximum absolute atomic E-state index is 13.0. The van der Waals surface area contributed by atoms with Crippen LogP contribution in [0.3, 0.4) is 0 Å². The van der Waals surface area contributed by atoms with Crippen LogP contribution in [0, 0.1) is 12.7 Å². The van der Waals surface area contributed by atoms with Crippen LogP contribution in [-0.4, -0.2) is 40.0 Å². The van der Waals surface area contributed by atoms with Gasteiger partial charge in [-0.25, -0.2) is 9.37 Å². The number of oxazole rings is 1. The van der Waals surface area contributed by atoms with Gasteiger partial charge in [0.05, 0.1) is 17.0 Å². The summed E-state index contributed by atoms with van der Waals surface area (Å²) < 4.78 is 18.7. The van der Waals surface area contributed by atoms with Gasteiger partial charge in [0.15, 0.2) is 0 Å². The number of hydrogen-bond donors (Lipinski definition) is 1. The average Bonchev–Trinajstić information content (AvgIpc) is 3.30. The molecule has 1 aromatic heterocycles. The van der Waals surface area contributed by atoms with Gasteiger partial charge in [-0.15, -0.1) is 0 Å². The summed E-state index contributed by atoms with van der Waals surface area (Å²) in [6, 6.07) is 15.0. The Kier molecular flexibility index (Phi) is 6.69. The largest absolute Gasteiger partial charge is 0.441 e. The molecule has 2 heterocycles. The number of thioether (sulfide) groups is 1. The molecule has 2 aromatic carbocycles. The molecule has 1 saturated heterocycles. The second-order valence-electron chi connectivity index (χ2n) is 7.30. The standard InChI is InChI=1S/C24H20FN3O4S/c1-15-19(27-22(32-15)17-5-3-2-4-6-17)14-21(29)26-11-12-28-23(30)20(33-24(28)31)13-16-7-9-18(25)10-8-16/h2-10,13H,11-12,14H2,1H3,(H,26,29)/b20-13-. The van der Waals surface area contributed by atoms with E-state index in [9.17, 15) is 18.8 Å². The number of imide groups is 1. The molecule has 4 rings (SSSR count). The summed E-state index contributed by atoms with van der Waals surface area (Å²) in [7, 11) is 0. The van der Waals surface area contributed by atoms with E-state index in [1.165, 1.54) is 24.3 Å². The van der Waals surface area contributed by atoms with Crippen molar-refractivity contribution in [3.8, 4) is 11.5 Å². The number of amides is 3. The third-order valence-electron chi connectivity index (χ3n) is 4.94. The van der Waals surface area contributed by atoms with Crippen molar-refractivity contribution in [1.82, 2.24) is 15.2 Å².